The number of nitrogens with zero attached hydrogens (tertiary/aromatic N) is 3. The average molecular weight is 551 g/mol. The summed E-state index contributed by atoms with van der Waals surface area (Å²) < 4.78 is 7.34. The van der Waals surface area contributed by atoms with Crippen molar-refractivity contribution in [2.75, 3.05) is 18.5 Å². The molecule has 41 heavy (non-hydrogen) atoms. The van der Waals surface area contributed by atoms with Gasteiger partial charge in [0.25, 0.3) is 0 Å². The summed E-state index contributed by atoms with van der Waals surface area (Å²) in [4.78, 5) is 22.7. The summed E-state index contributed by atoms with van der Waals surface area (Å²) in [6.07, 6.45) is 1.36. The molecular formula is C32H34N6O3. The summed E-state index contributed by atoms with van der Waals surface area (Å²) in [5, 5.41) is 15.0. The number of anilines is 1. The Morgan fingerprint density at radius 1 is 1.20 bits per heavy atom. The molecule has 0 spiro atoms. The number of hydrogen-bond acceptors (Lipinski definition) is 7. The number of amidine groups is 1. The van der Waals surface area contributed by atoms with Crippen molar-refractivity contribution in [2.24, 2.45) is 17.9 Å². The Hall–Kier alpha value is -4.88. The molecule has 2 atom stereocenters. The molecule has 210 valence electrons. The molecule has 2 unspecified atom stereocenters. The Balaban J connectivity index is 1.17. The van der Waals surface area contributed by atoms with E-state index in [2.05, 4.69) is 39.1 Å². The van der Waals surface area contributed by atoms with Crippen molar-refractivity contribution in [2.45, 2.75) is 38.1 Å². The van der Waals surface area contributed by atoms with Crippen molar-refractivity contribution in [3.05, 3.63) is 101 Å². The van der Waals surface area contributed by atoms with Gasteiger partial charge in [-0.25, -0.2) is 4.98 Å². The van der Waals surface area contributed by atoms with Gasteiger partial charge < -0.3 is 25.2 Å². The van der Waals surface area contributed by atoms with Crippen LogP contribution in [0, 0.1) is 5.41 Å². The molecule has 0 radical (unpaired) electrons. The Morgan fingerprint density at radius 2 is 1.98 bits per heavy atom. The Bertz CT molecular complexity index is 1600. The third-order valence-corrected chi connectivity index (χ3v) is 7.26. The van der Waals surface area contributed by atoms with Gasteiger partial charge in [-0.1, -0.05) is 36.4 Å². The van der Waals surface area contributed by atoms with Crippen LogP contribution >= 0.6 is 0 Å². The maximum atomic E-state index is 12.4. The van der Waals surface area contributed by atoms with Crippen LogP contribution in [0.1, 0.15) is 54.1 Å². The Kier molecular flexibility index (Phi) is 8.46. The van der Waals surface area contributed by atoms with Gasteiger partial charge in [0, 0.05) is 42.1 Å². The molecule has 0 aliphatic heterocycles. The molecule has 0 bridgehead atoms. The van der Waals surface area contributed by atoms with E-state index in [0.29, 0.717) is 31.7 Å². The van der Waals surface area contributed by atoms with Crippen LogP contribution in [-0.2, 0) is 28.0 Å². The van der Waals surface area contributed by atoms with Gasteiger partial charge >= 0.3 is 5.97 Å². The predicted octanol–water partition coefficient (Wildman–Crippen LogP) is 5.22. The van der Waals surface area contributed by atoms with Crippen molar-refractivity contribution in [1.82, 2.24) is 9.55 Å². The fourth-order valence-electron chi connectivity index (χ4n) is 4.85. The van der Waals surface area contributed by atoms with E-state index in [1.165, 1.54) is 5.56 Å². The number of carbonyl (C=O) groups excluding carboxylic acids is 1. The lowest BCUT2D eigenvalue weighted by Gasteiger charge is -2.15. The minimum Gasteiger partial charge on any atom is -0.466 e. The van der Waals surface area contributed by atoms with E-state index in [4.69, 9.17) is 25.7 Å². The highest BCUT2D eigenvalue weighted by atomic mass is 16.6. The van der Waals surface area contributed by atoms with E-state index in [1.54, 1.807) is 6.92 Å². The molecule has 5 rings (SSSR count). The second-order valence-corrected chi connectivity index (χ2v) is 10.0. The van der Waals surface area contributed by atoms with Crippen molar-refractivity contribution in [1.29, 1.82) is 5.41 Å². The Morgan fingerprint density at radius 3 is 2.71 bits per heavy atom. The molecule has 1 aromatic heterocycles. The largest absolute Gasteiger partial charge is 0.466 e. The molecule has 4 N–H and O–H groups in total. The van der Waals surface area contributed by atoms with E-state index >= 15 is 0 Å². The summed E-state index contributed by atoms with van der Waals surface area (Å²) in [5.41, 5.74) is 12.4. The number of nitrogens with one attached hydrogen (secondary N) is 2. The number of allylic oxidation sites excluding steroid dienone is 1. The lowest BCUT2D eigenvalue weighted by atomic mass is 9.96. The van der Waals surface area contributed by atoms with E-state index in [-0.39, 0.29) is 23.6 Å². The van der Waals surface area contributed by atoms with Crippen molar-refractivity contribution < 1.29 is 14.4 Å². The van der Waals surface area contributed by atoms with E-state index in [0.717, 1.165) is 40.1 Å². The summed E-state index contributed by atoms with van der Waals surface area (Å²) in [5.74, 6) is 3.63. The zero-order chi connectivity index (χ0) is 28.8. The van der Waals surface area contributed by atoms with Crippen LogP contribution < -0.4 is 11.1 Å². The maximum Gasteiger partial charge on any atom is 0.313 e. The molecule has 1 fully saturated rings. The van der Waals surface area contributed by atoms with Gasteiger partial charge in [0.1, 0.15) is 18.3 Å². The Labute approximate surface area is 239 Å². The lowest BCUT2D eigenvalue weighted by molar-refractivity contribution is -0.145. The highest BCUT2D eigenvalue weighted by Gasteiger charge is 2.32. The van der Waals surface area contributed by atoms with E-state index in [9.17, 15) is 4.79 Å². The second-order valence-electron chi connectivity index (χ2n) is 10.0. The van der Waals surface area contributed by atoms with Gasteiger partial charge in [-0.3, -0.25) is 10.2 Å². The first-order chi connectivity index (χ1) is 19.9. The van der Waals surface area contributed by atoms with Crippen LogP contribution in [0.2, 0.25) is 0 Å². The van der Waals surface area contributed by atoms with Crippen molar-refractivity contribution >= 4 is 34.4 Å². The van der Waals surface area contributed by atoms with Crippen molar-refractivity contribution in [3.63, 3.8) is 0 Å². The predicted molar refractivity (Wildman–Crippen MR) is 160 cm³/mol. The molecule has 9 heteroatoms. The quantitative estimate of drug-likeness (QED) is 0.0730. The number of nitrogens with two attached hydrogens (primary N) is 1. The maximum absolute atomic E-state index is 12.4. The van der Waals surface area contributed by atoms with Crippen LogP contribution in [0.5, 0.6) is 0 Å². The summed E-state index contributed by atoms with van der Waals surface area (Å²) in [6.45, 7) is 3.01. The average Bonchev–Trinajstić information content (AvgIpc) is 3.70. The summed E-state index contributed by atoms with van der Waals surface area (Å²) in [7, 11) is 2.02. The lowest BCUT2D eigenvalue weighted by Crippen LogP contribution is -2.17. The number of benzene rings is 3. The van der Waals surface area contributed by atoms with Crippen LogP contribution in [0.3, 0.4) is 0 Å². The minimum absolute atomic E-state index is 0.0539. The molecule has 1 aliphatic rings. The standard InChI is InChI=1S/C32H34N6O3/c1-3-40-32(39)26(21-7-5-4-6-8-21)15-16-41-36-19-24-17-27(24)23-11-14-29-28(18-23)37-30(38(29)2)20-35-25-12-9-22(10-13-25)31(33)34/h4-14,18,26-27,35H,3,15-17,20H2,1-2H3,(H3,33,34). The van der Waals surface area contributed by atoms with Gasteiger partial charge in [-0.2, -0.15) is 0 Å². The smallest absolute Gasteiger partial charge is 0.313 e. The first kappa shape index (κ1) is 27.7. The zero-order valence-corrected chi connectivity index (χ0v) is 23.3. The summed E-state index contributed by atoms with van der Waals surface area (Å²) in [6, 6.07) is 23.4. The third kappa shape index (κ3) is 6.65. The molecule has 1 aliphatic carbocycles. The molecule has 3 aromatic carbocycles. The molecule has 9 nitrogen and oxygen atoms in total. The third-order valence-electron chi connectivity index (χ3n) is 7.26. The number of esters is 1. The highest BCUT2D eigenvalue weighted by molar-refractivity contribution is 5.95. The van der Waals surface area contributed by atoms with Gasteiger partial charge in [0.05, 0.1) is 30.1 Å². The van der Waals surface area contributed by atoms with Crippen LogP contribution in [0.15, 0.2) is 83.5 Å². The van der Waals surface area contributed by atoms with Gasteiger partial charge in [0.15, 0.2) is 0 Å². The SMILES string of the molecule is CCOC(=O)C(CCON=C=C1CC1c1ccc2c(c1)nc(CNc1ccc(C(=N)N)cc1)n2C)c1ccccc1. The number of fused-ring (bicyclic) bond motifs is 1. The van der Waals surface area contributed by atoms with Gasteiger partial charge in [-0.15, -0.1) is 0 Å². The van der Waals surface area contributed by atoms with E-state index < -0.39 is 0 Å². The number of nitrogen functional groups attached to an aromatic ring is 1. The van der Waals surface area contributed by atoms with Crippen LogP contribution in [0.25, 0.3) is 11.0 Å². The number of imidazole rings is 1. The number of carbonyl (C=O) groups is 1. The number of aromatic nitrogens is 2. The molecule has 1 saturated carbocycles. The molecule has 0 saturated heterocycles. The van der Waals surface area contributed by atoms with Crippen molar-refractivity contribution in [3.8, 4) is 0 Å². The molecular weight excluding hydrogens is 516 g/mol. The highest BCUT2D eigenvalue weighted by Crippen LogP contribution is 2.45. The second kappa shape index (κ2) is 12.5. The van der Waals surface area contributed by atoms with Crippen LogP contribution in [-0.4, -0.2) is 40.4 Å². The zero-order valence-electron chi connectivity index (χ0n) is 23.3. The molecule has 1 heterocycles. The summed E-state index contributed by atoms with van der Waals surface area (Å²) >= 11 is 0. The number of aryl methyl sites for hydroxylation is 1. The number of rotatable bonds is 12. The number of ether oxygens (including phenoxy) is 1. The number of hydrogen-bond donors (Lipinski definition) is 3. The van der Waals surface area contributed by atoms with Gasteiger partial charge in [-0.05, 0) is 66.0 Å². The minimum atomic E-state index is -0.384. The van der Waals surface area contributed by atoms with Crippen LogP contribution in [0.4, 0.5) is 5.69 Å². The van der Waals surface area contributed by atoms with Gasteiger partial charge in [0.2, 0.25) is 0 Å². The molecule has 0 amide bonds. The first-order valence-corrected chi connectivity index (χ1v) is 13.7. The molecule has 4 aromatic rings. The fraction of sp³-hybridized carbons (Fsp3) is 0.281. The van der Waals surface area contributed by atoms with E-state index in [1.807, 2.05) is 61.6 Å². The fourth-order valence-corrected chi connectivity index (χ4v) is 4.85. The monoisotopic (exact) mass is 550 g/mol. The first-order valence-electron chi connectivity index (χ1n) is 13.7. The topological polar surface area (TPSA) is 128 Å². The normalized spacial score (nSPS) is 14.7.